The minimum Gasteiger partial charge on any atom is -0.476 e. The summed E-state index contributed by atoms with van der Waals surface area (Å²) in [4.78, 5) is 18.8. The van der Waals surface area contributed by atoms with Gasteiger partial charge in [-0.15, -0.1) is 0 Å². The topological polar surface area (TPSA) is 42.4 Å². The van der Waals surface area contributed by atoms with Gasteiger partial charge in [0.15, 0.2) is 0 Å². The molecule has 0 saturated carbocycles. The maximum absolute atomic E-state index is 13.1. The van der Waals surface area contributed by atoms with Gasteiger partial charge in [-0.2, -0.15) is 13.2 Å². The standard InChI is InChI=1S/C21H31F3N2O2/c1-5-16-13-15(10-12-26(16)4)8-9-18(27)20(2,3)14-28-19-17(21(22,23)24)7-6-11-25-19/h6-7,11,15-16H,5,8-10,12-14H2,1-4H3. The lowest BCUT2D eigenvalue weighted by atomic mass is 9.81. The molecule has 2 unspecified atom stereocenters. The summed E-state index contributed by atoms with van der Waals surface area (Å²) in [5.74, 6) is 0.0652. The van der Waals surface area contributed by atoms with Crippen molar-refractivity contribution in [2.75, 3.05) is 20.2 Å². The van der Waals surface area contributed by atoms with E-state index < -0.39 is 23.0 Å². The fourth-order valence-electron chi connectivity index (χ4n) is 3.72. The molecule has 2 atom stereocenters. The minimum absolute atomic E-state index is 0.0176. The predicted octanol–water partition coefficient (Wildman–Crippen LogP) is 4.98. The van der Waals surface area contributed by atoms with E-state index in [-0.39, 0.29) is 12.4 Å². The second-order valence-corrected chi connectivity index (χ2v) is 8.42. The molecule has 2 rings (SSSR count). The fraction of sp³-hybridized carbons (Fsp3) is 0.714. The summed E-state index contributed by atoms with van der Waals surface area (Å²) in [6, 6.07) is 2.72. The lowest BCUT2D eigenvalue weighted by molar-refractivity contribution is -0.139. The number of ether oxygens (including phenoxy) is 1. The average Bonchev–Trinajstić information content (AvgIpc) is 2.65. The first-order chi connectivity index (χ1) is 13.0. The van der Waals surface area contributed by atoms with Crippen LogP contribution in [-0.2, 0) is 11.0 Å². The number of pyridine rings is 1. The van der Waals surface area contributed by atoms with Crippen LogP contribution in [0.1, 0.15) is 58.4 Å². The van der Waals surface area contributed by atoms with E-state index in [1.807, 2.05) is 0 Å². The molecule has 0 spiro atoms. The van der Waals surface area contributed by atoms with Crippen LogP contribution in [0.25, 0.3) is 0 Å². The normalized spacial score (nSPS) is 21.5. The van der Waals surface area contributed by atoms with Crippen molar-refractivity contribution in [3.63, 3.8) is 0 Å². The maximum Gasteiger partial charge on any atom is 0.421 e. The lowest BCUT2D eigenvalue weighted by Gasteiger charge is -2.37. The van der Waals surface area contributed by atoms with E-state index in [9.17, 15) is 18.0 Å². The quantitative estimate of drug-likeness (QED) is 0.618. The number of carbonyl (C=O) groups excluding carboxylic acids is 1. The number of piperidine rings is 1. The first-order valence-corrected chi connectivity index (χ1v) is 9.93. The highest BCUT2D eigenvalue weighted by molar-refractivity contribution is 5.84. The van der Waals surface area contributed by atoms with Gasteiger partial charge in [-0.3, -0.25) is 4.79 Å². The Hall–Kier alpha value is -1.63. The van der Waals surface area contributed by atoms with Crippen molar-refractivity contribution in [3.05, 3.63) is 23.9 Å². The molecule has 1 aliphatic rings. The molecule has 0 radical (unpaired) electrons. The van der Waals surface area contributed by atoms with Crippen molar-refractivity contribution in [2.24, 2.45) is 11.3 Å². The van der Waals surface area contributed by atoms with Gasteiger partial charge in [-0.25, -0.2) is 4.98 Å². The van der Waals surface area contributed by atoms with Crippen molar-refractivity contribution < 1.29 is 22.7 Å². The van der Waals surface area contributed by atoms with Crippen LogP contribution in [0.3, 0.4) is 0 Å². The zero-order chi connectivity index (χ0) is 20.9. The Bertz CT molecular complexity index is 661. The minimum atomic E-state index is -4.54. The van der Waals surface area contributed by atoms with Crippen molar-refractivity contribution in [1.82, 2.24) is 9.88 Å². The number of carbonyl (C=O) groups is 1. The third-order valence-corrected chi connectivity index (χ3v) is 5.77. The maximum atomic E-state index is 13.1. The van der Waals surface area contributed by atoms with Crippen molar-refractivity contribution in [1.29, 1.82) is 0 Å². The summed E-state index contributed by atoms with van der Waals surface area (Å²) in [5, 5.41) is 0. The number of hydrogen-bond donors (Lipinski definition) is 0. The Morgan fingerprint density at radius 3 is 2.71 bits per heavy atom. The number of likely N-dealkylation sites (tertiary alicyclic amines) is 1. The average molecular weight is 400 g/mol. The molecule has 0 bridgehead atoms. The third kappa shape index (κ3) is 5.93. The third-order valence-electron chi connectivity index (χ3n) is 5.77. The van der Waals surface area contributed by atoms with Crippen LogP contribution < -0.4 is 4.74 Å². The number of hydrogen-bond acceptors (Lipinski definition) is 4. The lowest BCUT2D eigenvalue weighted by Crippen LogP contribution is -2.39. The van der Waals surface area contributed by atoms with Crippen molar-refractivity contribution in [3.8, 4) is 5.88 Å². The predicted molar refractivity (Wildman–Crippen MR) is 102 cm³/mol. The van der Waals surface area contributed by atoms with Gasteiger partial charge in [0.25, 0.3) is 0 Å². The van der Waals surface area contributed by atoms with E-state index in [0.717, 1.165) is 38.3 Å². The largest absolute Gasteiger partial charge is 0.476 e. The molecule has 4 nitrogen and oxygen atoms in total. The summed E-state index contributed by atoms with van der Waals surface area (Å²) in [7, 11) is 2.14. The zero-order valence-electron chi connectivity index (χ0n) is 17.2. The second-order valence-electron chi connectivity index (χ2n) is 8.42. The molecule has 1 aliphatic heterocycles. The number of ketones is 1. The van der Waals surface area contributed by atoms with E-state index in [2.05, 4.69) is 23.9 Å². The van der Waals surface area contributed by atoms with E-state index in [1.165, 1.54) is 12.3 Å². The first kappa shape index (κ1) is 22.7. The van der Waals surface area contributed by atoms with Gasteiger partial charge >= 0.3 is 6.18 Å². The van der Waals surface area contributed by atoms with Gasteiger partial charge in [-0.05, 0) is 71.2 Å². The summed E-state index contributed by atoms with van der Waals surface area (Å²) in [6.07, 6.45) is 1.25. The van der Waals surface area contributed by atoms with Gasteiger partial charge in [0.05, 0.1) is 5.41 Å². The number of alkyl halides is 3. The number of Topliss-reactive ketones (excluding diaryl/α,β-unsaturated/α-hetero) is 1. The van der Waals surface area contributed by atoms with Crippen LogP contribution >= 0.6 is 0 Å². The molecule has 2 heterocycles. The molecule has 7 heteroatoms. The Labute approximate surface area is 165 Å². The summed E-state index contributed by atoms with van der Waals surface area (Å²) >= 11 is 0. The van der Waals surface area contributed by atoms with E-state index in [1.54, 1.807) is 13.8 Å². The van der Waals surface area contributed by atoms with Crippen molar-refractivity contribution >= 4 is 5.78 Å². The molecule has 0 aliphatic carbocycles. The van der Waals surface area contributed by atoms with E-state index >= 15 is 0 Å². The van der Waals surface area contributed by atoms with Crippen LogP contribution in [0.2, 0.25) is 0 Å². The van der Waals surface area contributed by atoms with Crippen LogP contribution in [0.5, 0.6) is 5.88 Å². The van der Waals surface area contributed by atoms with Crippen LogP contribution in [0.4, 0.5) is 13.2 Å². The van der Waals surface area contributed by atoms with Crippen molar-refractivity contribution in [2.45, 2.75) is 65.1 Å². The van der Waals surface area contributed by atoms with Gasteiger partial charge < -0.3 is 9.64 Å². The van der Waals surface area contributed by atoms with Crippen LogP contribution in [0, 0.1) is 11.3 Å². The monoisotopic (exact) mass is 400 g/mol. The number of aromatic nitrogens is 1. The Morgan fingerprint density at radius 1 is 1.36 bits per heavy atom. The summed E-state index contributed by atoms with van der Waals surface area (Å²) in [6.45, 7) is 6.53. The molecule has 28 heavy (non-hydrogen) atoms. The molecule has 1 aromatic heterocycles. The highest BCUT2D eigenvalue weighted by Gasteiger charge is 2.36. The number of rotatable bonds is 8. The highest BCUT2D eigenvalue weighted by Crippen LogP contribution is 2.35. The molecule has 1 saturated heterocycles. The molecule has 1 aromatic rings. The van der Waals surface area contributed by atoms with Gasteiger partial charge in [0.2, 0.25) is 5.88 Å². The van der Waals surface area contributed by atoms with E-state index in [4.69, 9.17) is 4.74 Å². The zero-order valence-corrected chi connectivity index (χ0v) is 17.2. The molecule has 0 aromatic carbocycles. The van der Waals surface area contributed by atoms with E-state index in [0.29, 0.717) is 18.4 Å². The Kier molecular flexibility index (Phi) is 7.48. The molecule has 1 fully saturated rings. The van der Waals surface area contributed by atoms with Gasteiger partial charge in [-0.1, -0.05) is 6.92 Å². The molecule has 158 valence electrons. The van der Waals surface area contributed by atoms with Gasteiger partial charge in [0, 0.05) is 18.7 Å². The molecule has 0 N–H and O–H groups in total. The first-order valence-electron chi connectivity index (χ1n) is 9.93. The fourth-order valence-corrected chi connectivity index (χ4v) is 3.72. The number of halogens is 3. The Balaban J connectivity index is 1.90. The van der Waals surface area contributed by atoms with Crippen LogP contribution in [-0.4, -0.2) is 41.9 Å². The highest BCUT2D eigenvalue weighted by atomic mass is 19.4. The molecular formula is C21H31F3N2O2. The van der Waals surface area contributed by atoms with Gasteiger partial charge in [0.1, 0.15) is 18.0 Å². The number of nitrogens with zero attached hydrogens (tertiary/aromatic N) is 2. The molecule has 0 amide bonds. The summed E-state index contributed by atoms with van der Waals surface area (Å²) < 4.78 is 44.5. The van der Waals surface area contributed by atoms with Crippen LogP contribution in [0.15, 0.2) is 18.3 Å². The molecular weight excluding hydrogens is 369 g/mol. The SMILES string of the molecule is CCC1CC(CCC(=O)C(C)(C)COc2ncccc2C(F)(F)F)CCN1C. The summed E-state index contributed by atoms with van der Waals surface area (Å²) in [5.41, 5.74) is -1.79. The Morgan fingerprint density at radius 2 is 2.07 bits per heavy atom. The smallest absolute Gasteiger partial charge is 0.421 e. The second kappa shape index (κ2) is 9.25.